The smallest absolute Gasteiger partial charge is 0.652 e. The summed E-state index contributed by atoms with van der Waals surface area (Å²) >= 11 is 0. The standard InChI is InChI=1S/C24H41O5.C10H15.C8H15NO2.K/c1-3-4-5-6-7-8-9-10-11-12-13-14-15-16-17-18-24(26)29-21-23(19-27-2)20-28-22-25;1-8-5-9-3-2-4-10(6-8)7-9;10-8-11-7-3-6-9-4-1-2-5-9;/h7-8,10-11,23H,3-6,9,12-21H2,1-2H3;5,8H,2-4,6-7H2,1H3;8H,1-7H2;/q2*-1;;+1/b8-7-,11-10-;;;. The Morgan fingerprint density at radius 3 is 2.33 bits per heavy atom. The molecule has 2 unspecified atom stereocenters. The van der Waals surface area contributed by atoms with E-state index in [1.165, 1.54) is 103 Å². The molecule has 51 heavy (non-hydrogen) atoms. The molecule has 2 atom stereocenters. The van der Waals surface area contributed by atoms with Crippen molar-refractivity contribution in [3.63, 3.8) is 0 Å². The summed E-state index contributed by atoms with van der Waals surface area (Å²) in [4.78, 5) is 34.1. The Morgan fingerprint density at radius 1 is 0.961 bits per heavy atom. The molecule has 1 saturated carbocycles. The Morgan fingerprint density at radius 2 is 1.67 bits per heavy atom. The summed E-state index contributed by atoms with van der Waals surface area (Å²) in [6.07, 6.45) is 35.3. The van der Waals surface area contributed by atoms with Crippen LogP contribution in [-0.4, -0.2) is 77.0 Å². The topological polar surface area (TPSA) is 91.4 Å². The Bertz CT molecular complexity index is 919. The summed E-state index contributed by atoms with van der Waals surface area (Å²) in [5.74, 6) is 2.32. The summed E-state index contributed by atoms with van der Waals surface area (Å²) in [5, 5.41) is 0. The molecule has 2 bridgehead atoms. The van der Waals surface area contributed by atoms with Gasteiger partial charge in [0.2, 0.25) is 0 Å². The molecule has 0 aromatic rings. The zero-order valence-corrected chi connectivity index (χ0v) is 36.1. The number of ether oxygens (including phenoxy) is 4. The van der Waals surface area contributed by atoms with Crippen LogP contribution in [0.1, 0.15) is 142 Å². The molecule has 8 nitrogen and oxygen atoms in total. The van der Waals surface area contributed by atoms with E-state index in [0.717, 1.165) is 51.0 Å². The maximum atomic E-state index is 11.8. The monoisotopic (exact) mass is 740 g/mol. The average molecular weight is 741 g/mol. The number of carbonyl (C=O) groups is 2. The van der Waals surface area contributed by atoms with Crippen molar-refractivity contribution in [1.82, 2.24) is 4.90 Å². The van der Waals surface area contributed by atoms with Gasteiger partial charge in [0, 0.05) is 26.0 Å². The predicted octanol–water partition coefficient (Wildman–Crippen LogP) is 6.44. The third kappa shape index (κ3) is 31.3. The van der Waals surface area contributed by atoms with Crippen LogP contribution in [0.15, 0.2) is 36.0 Å². The number of allylic oxidation sites excluding steroid dienone is 6. The Labute approximate surface area is 354 Å². The predicted molar refractivity (Wildman–Crippen MR) is 203 cm³/mol. The molecule has 0 spiro atoms. The normalized spacial score (nSPS) is 17.7. The minimum atomic E-state index is -0.202. The molecule has 0 N–H and O–H groups in total. The quantitative estimate of drug-likeness (QED) is 0.0191. The van der Waals surface area contributed by atoms with Gasteiger partial charge in [-0.2, -0.15) is 19.3 Å². The van der Waals surface area contributed by atoms with Crippen LogP contribution in [0.5, 0.6) is 0 Å². The van der Waals surface area contributed by atoms with Crippen LogP contribution < -0.4 is 51.4 Å². The summed E-state index contributed by atoms with van der Waals surface area (Å²) in [5.41, 5.74) is 1.72. The van der Waals surface area contributed by atoms with E-state index < -0.39 is 0 Å². The second-order valence-electron chi connectivity index (χ2n) is 14.0. The molecule has 2 fully saturated rings. The van der Waals surface area contributed by atoms with Crippen molar-refractivity contribution in [2.45, 2.75) is 142 Å². The van der Waals surface area contributed by atoms with E-state index in [4.69, 9.17) is 9.47 Å². The van der Waals surface area contributed by atoms with Gasteiger partial charge in [-0.15, -0.1) is 5.57 Å². The number of likely N-dealkylation sites (tertiary alicyclic amines) is 1. The van der Waals surface area contributed by atoms with E-state index in [2.05, 4.69) is 58.6 Å². The third-order valence-corrected chi connectivity index (χ3v) is 9.23. The minimum Gasteiger partial charge on any atom is -0.652 e. The molecule has 9 heteroatoms. The van der Waals surface area contributed by atoms with Crippen molar-refractivity contribution in [1.29, 1.82) is 0 Å². The van der Waals surface area contributed by atoms with Crippen LogP contribution in [0.25, 0.3) is 0 Å². The number of esters is 1. The van der Waals surface area contributed by atoms with Gasteiger partial charge in [0.1, 0.15) is 0 Å². The zero-order valence-electron chi connectivity index (χ0n) is 33.0. The zero-order chi connectivity index (χ0) is 36.3. The molecule has 1 saturated heterocycles. The largest absolute Gasteiger partial charge is 1.00 e. The van der Waals surface area contributed by atoms with Gasteiger partial charge in [0.05, 0.1) is 26.4 Å². The van der Waals surface area contributed by atoms with Crippen LogP contribution in [-0.2, 0) is 33.3 Å². The van der Waals surface area contributed by atoms with E-state index in [0.29, 0.717) is 26.1 Å². The summed E-state index contributed by atoms with van der Waals surface area (Å²) < 4.78 is 19.4. The Balaban J connectivity index is 0.000000908. The van der Waals surface area contributed by atoms with Crippen LogP contribution in [0.3, 0.4) is 0 Å². The number of unbranched alkanes of at least 4 members (excludes halogenated alkanes) is 8. The van der Waals surface area contributed by atoms with Crippen LogP contribution in [0, 0.1) is 17.8 Å². The molecule has 2 aliphatic carbocycles. The van der Waals surface area contributed by atoms with Gasteiger partial charge in [-0.3, -0.25) is 9.59 Å². The molecular formula is C42H71KNO7-. The van der Waals surface area contributed by atoms with E-state index in [-0.39, 0.29) is 76.5 Å². The van der Waals surface area contributed by atoms with Gasteiger partial charge < -0.3 is 34.6 Å². The first-order valence-corrected chi connectivity index (χ1v) is 19.8. The van der Waals surface area contributed by atoms with E-state index >= 15 is 0 Å². The van der Waals surface area contributed by atoms with Gasteiger partial charge >= 0.3 is 57.4 Å². The molecule has 0 aromatic carbocycles. The summed E-state index contributed by atoms with van der Waals surface area (Å²) in [6.45, 7) is 11.3. The Hall–Kier alpha value is -0.814. The van der Waals surface area contributed by atoms with Crippen molar-refractivity contribution < 1.29 is 84.7 Å². The van der Waals surface area contributed by atoms with Gasteiger partial charge in [-0.05, 0) is 77.3 Å². The molecule has 0 aromatic heterocycles. The fourth-order valence-corrected chi connectivity index (χ4v) is 6.62. The number of rotatable bonds is 26. The minimum absolute atomic E-state index is 0. The van der Waals surface area contributed by atoms with Crippen LogP contribution in [0.2, 0.25) is 0 Å². The first kappa shape index (κ1) is 50.2. The molecule has 3 rings (SSSR count). The van der Waals surface area contributed by atoms with Gasteiger partial charge in [-0.1, -0.05) is 95.1 Å². The first-order valence-electron chi connectivity index (χ1n) is 19.8. The van der Waals surface area contributed by atoms with Crippen molar-refractivity contribution >= 4 is 18.9 Å². The number of nitrogens with zero attached hydrogens (tertiary/aromatic N) is 1. The van der Waals surface area contributed by atoms with Crippen molar-refractivity contribution in [3.05, 3.63) is 41.9 Å². The number of hydrogen-bond acceptors (Lipinski definition) is 8. The van der Waals surface area contributed by atoms with Crippen LogP contribution >= 0.6 is 0 Å². The fourth-order valence-electron chi connectivity index (χ4n) is 6.62. The van der Waals surface area contributed by atoms with E-state index in [1.54, 1.807) is 12.7 Å². The van der Waals surface area contributed by atoms with Gasteiger partial charge in [0.15, 0.2) is 0 Å². The second-order valence-corrected chi connectivity index (χ2v) is 14.0. The average Bonchev–Trinajstić information content (AvgIpc) is 3.64. The molecular weight excluding hydrogens is 670 g/mol. The summed E-state index contributed by atoms with van der Waals surface area (Å²) in [7, 11) is 1.56. The van der Waals surface area contributed by atoms with E-state index in [9.17, 15) is 14.4 Å². The third-order valence-electron chi connectivity index (χ3n) is 9.23. The molecule has 288 valence electrons. The van der Waals surface area contributed by atoms with E-state index in [1.807, 2.05) is 5.92 Å². The maximum Gasteiger partial charge on any atom is 1.00 e. The number of methoxy groups -OCH3 is 1. The van der Waals surface area contributed by atoms with Crippen LogP contribution in [0.4, 0.5) is 0 Å². The SMILES string of the molecule is CC1C=C2CCC[C-](C2)C1.CCCCC/C=C\C/C=C\CCCCCCCC(=O)OCC(COC)CO[C-]=O.O=COCCCN1CCCC1.[K+]. The van der Waals surface area contributed by atoms with Gasteiger partial charge in [-0.25, -0.2) is 0 Å². The molecule has 3 aliphatic rings. The van der Waals surface area contributed by atoms with Crippen molar-refractivity contribution in [2.24, 2.45) is 11.8 Å². The molecule has 0 amide bonds. The number of hydrogen-bond donors (Lipinski definition) is 0. The molecule has 1 heterocycles. The summed E-state index contributed by atoms with van der Waals surface area (Å²) in [6, 6.07) is 0. The van der Waals surface area contributed by atoms with Crippen molar-refractivity contribution in [3.8, 4) is 0 Å². The fraction of sp³-hybridized carbons (Fsp3) is 0.762. The first-order chi connectivity index (χ1) is 24.5. The van der Waals surface area contributed by atoms with Crippen molar-refractivity contribution in [2.75, 3.05) is 53.2 Å². The molecule has 0 radical (unpaired) electrons. The Kier molecular flexibility index (Phi) is 36.9. The number of fused-ring (bicyclic) bond motifs is 2. The van der Waals surface area contributed by atoms with Gasteiger partial charge in [0.25, 0.3) is 6.47 Å². The molecule has 1 aliphatic heterocycles. The number of carbonyl (C=O) groups excluding carboxylic acids is 3. The maximum absolute atomic E-state index is 11.8. The second kappa shape index (κ2) is 37.5.